The third-order valence-corrected chi connectivity index (χ3v) is 12.6. The number of carbonyl (C=O) groups excluding carboxylic acids is 1. The van der Waals surface area contributed by atoms with Gasteiger partial charge in [-0.1, -0.05) is 69.3 Å². The second-order valence-electron chi connectivity index (χ2n) is 11.2. The summed E-state index contributed by atoms with van der Waals surface area (Å²) in [7, 11) is -0.342. The molecular weight excluding hydrogens is 440 g/mol. The van der Waals surface area contributed by atoms with Crippen LogP contribution in [0.3, 0.4) is 0 Å². The van der Waals surface area contributed by atoms with Gasteiger partial charge in [-0.2, -0.15) is 0 Å². The van der Waals surface area contributed by atoms with E-state index in [0.29, 0.717) is 24.7 Å². The van der Waals surface area contributed by atoms with E-state index >= 15 is 0 Å². The van der Waals surface area contributed by atoms with E-state index in [9.17, 15) is 4.79 Å². The summed E-state index contributed by atoms with van der Waals surface area (Å²) < 4.78 is 19.3. The maximum Gasteiger partial charge on any atom is 0.192 e. The molecule has 0 radical (unpaired) electrons. The van der Waals surface area contributed by atoms with Crippen molar-refractivity contribution in [1.29, 1.82) is 0 Å². The zero-order valence-electron chi connectivity index (χ0n) is 21.4. The normalized spacial score (nSPS) is 23.8. The predicted molar refractivity (Wildman–Crippen MR) is 139 cm³/mol. The summed E-state index contributed by atoms with van der Waals surface area (Å²) in [6.07, 6.45) is 7.79. The molecule has 0 heterocycles. The van der Waals surface area contributed by atoms with Crippen molar-refractivity contribution < 1.29 is 18.7 Å². The van der Waals surface area contributed by atoms with Crippen LogP contribution in [0.1, 0.15) is 62.8 Å². The van der Waals surface area contributed by atoms with Crippen molar-refractivity contribution in [2.45, 2.75) is 76.3 Å². The minimum Gasteiger partial charge on any atom is -0.493 e. The van der Waals surface area contributed by atoms with E-state index in [1.54, 1.807) is 7.11 Å². The number of rotatable bonds is 8. The molecule has 0 fully saturated rings. The van der Waals surface area contributed by atoms with Crippen LogP contribution >= 0.6 is 0 Å². The average molecular weight is 479 g/mol. The van der Waals surface area contributed by atoms with Gasteiger partial charge in [-0.3, -0.25) is 0 Å². The Morgan fingerprint density at radius 1 is 1.12 bits per heavy atom. The molecule has 0 saturated carbocycles. The highest BCUT2D eigenvalue weighted by Crippen LogP contribution is 2.59. The average Bonchev–Trinajstić information content (AvgIpc) is 3.20. The Kier molecular flexibility index (Phi) is 6.80. The second kappa shape index (κ2) is 9.35. The summed E-state index contributed by atoms with van der Waals surface area (Å²) in [6.45, 7) is 11.9. The van der Waals surface area contributed by atoms with E-state index in [1.165, 1.54) is 0 Å². The molecule has 4 nitrogen and oxygen atoms in total. The zero-order chi connectivity index (χ0) is 24.6. The molecule has 0 bridgehead atoms. The summed E-state index contributed by atoms with van der Waals surface area (Å²) >= 11 is 0. The predicted octanol–water partition coefficient (Wildman–Crippen LogP) is 7.14. The van der Waals surface area contributed by atoms with Gasteiger partial charge >= 0.3 is 0 Å². The van der Waals surface area contributed by atoms with Crippen LogP contribution in [0.4, 0.5) is 0 Å². The minimum absolute atomic E-state index is 0.0226. The highest BCUT2D eigenvalue weighted by molar-refractivity contribution is 6.74. The van der Waals surface area contributed by atoms with Crippen LogP contribution in [0, 0.1) is 5.92 Å². The molecule has 2 aromatic rings. The summed E-state index contributed by atoms with van der Waals surface area (Å²) in [4.78, 5) is 12.0. The molecule has 4 rings (SSSR count). The van der Waals surface area contributed by atoms with Gasteiger partial charge in [-0.05, 0) is 54.1 Å². The van der Waals surface area contributed by atoms with Gasteiger partial charge in [0.25, 0.3) is 0 Å². The molecule has 0 spiro atoms. The van der Waals surface area contributed by atoms with Crippen molar-refractivity contribution in [1.82, 2.24) is 0 Å². The van der Waals surface area contributed by atoms with Crippen LogP contribution in [-0.2, 0) is 21.2 Å². The van der Waals surface area contributed by atoms with Crippen LogP contribution in [0.25, 0.3) is 0 Å². The molecule has 5 heteroatoms. The zero-order valence-corrected chi connectivity index (χ0v) is 22.4. The Bertz CT molecular complexity index is 1050. The van der Waals surface area contributed by atoms with Gasteiger partial charge in [0, 0.05) is 17.4 Å². The molecular formula is C29H38O4Si. The van der Waals surface area contributed by atoms with Crippen LogP contribution in [0.5, 0.6) is 11.5 Å². The summed E-state index contributed by atoms with van der Waals surface area (Å²) in [6, 6.07) is 14.3. The van der Waals surface area contributed by atoms with E-state index in [4.69, 9.17) is 13.9 Å². The molecule has 0 saturated heterocycles. The standard InChI is InChI=1S/C29H38O4Si/c1-28(2,3)34(5,6)33-25-19-22-13-10-16-29(22,17-18-30)26-23(25)14-15-24(31-4)27(26)32-20-21-11-8-7-9-12-21/h7-12,14-16,18,22,25H,13,17,19-20H2,1-6H3/t22-,25-,29-/m0/s1. The first-order chi connectivity index (χ1) is 16.1. The van der Waals surface area contributed by atoms with E-state index in [0.717, 1.165) is 41.6 Å². The van der Waals surface area contributed by atoms with Gasteiger partial charge in [0.2, 0.25) is 0 Å². The lowest BCUT2D eigenvalue weighted by atomic mass is 9.62. The number of methoxy groups -OCH3 is 1. The summed E-state index contributed by atoms with van der Waals surface area (Å²) in [5.74, 6) is 1.74. The molecule has 0 aliphatic heterocycles. The Morgan fingerprint density at radius 2 is 1.85 bits per heavy atom. The highest BCUT2D eigenvalue weighted by atomic mass is 28.4. The first-order valence-corrected chi connectivity index (χ1v) is 15.2. The van der Waals surface area contributed by atoms with E-state index in [1.807, 2.05) is 24.3 Å². The SMILES string of the molecule is COc1ccc2c(c1OCc1ccccc1)[C@]1(CC=O)C=CC[C@H]1C[C@@H]2O[Si](C)(C)C(C)(C)C. The minimum atomic E-state index is -2.02. The summed E-state index contributed by atoms with van der Waals surface area (Å²) in [5.41, 5.74) is 2.92. The van der Waals surface area contributed by atoms with E-state index in [2.05, 4.69) is 64.2 Å². The first kappa shape index (κ1) is 24.7. The molecule has 2 aromatic carbocycles. The Morgan fingerprint density at radius 3 is 2.50 bits per heavy atom. The second-order valence-corrected chi connectivity index (χ2v) is 15.9. The fourth-order valence-electron chi connectivity index (χ4n) is 5.25. The van der Waals surface area contributed by atoms with Gasteiger partial charge in [-0.25, -0.2) is 0 Å². The fraction of sp³-hybridized carbons (Fsp3) is 0.483. The Hall–Kier alpha value is -2.37. The smallest absolute Gasteiger partial charge is 0.192 e. The number of hydrogen-bond donors (Lipinski definition) is 0. The molecule has 0 unspecified atom stereocenters. The van der Waals surface area contributed by atoms with Gasteiger partial charge < -0.3 is 18.7 Å². The Labute approximate surface area is 205 Å². The Balaban J connectivity index is 1.85. The molecule has 3 atom stereocenters. The number of allylic oxidation sites excluding steroid dienone is 2. The van der Waals surface area contributed by atoms with Crippen LogP contribution in [-0.4, -0.2) is 21.7 Å². The highest BCUT2D eigenvalue weighted by Gasteiger charge is 2.51. The van der Waals surface area contributed by atoms with Crippen LogP contribution in [0.2, 0.25) is 18.1 Å². The first-order valence-electron chi connectivity index (χ1n) is 12.3. The number of carbonyl (C=O) groups is 1. The number of ether oxygens (including phenoxy) is 2. The maximum atomic E-state index is 12.0. The molecule has 0 aromatic heterocycles. The topological polar surface area (TPSA) is 44.8 Å². The van der Waals surface area contributed by atoms with E-state index in [-0.39, 0.29) is 16.6 Å². The fourth-order valence-corrected chi connectivity index (χ4v) is 6.54. The van der Waals surface area contributed by atoms with Crippen LogP contribution < -0.4 is 9.47 Å². The van der Waals surface area contributed by atoms with Gasteiger partial charge in [0.1, 0.15) is 12.9 Å². The number of fused-ring (bicyclic) bond motifs is 3. The third kappa shape index (κ3) is 4.36. The van der Waals surface area contributed by atoms with Crippen molar-refractivity contribution in [3.8, 4) is 11.5 Å². The molecule has 34 heavy (non-hydrogen) atoms. The van der Waals surface area contributed by atoms with Gasteiger partial charge in [-0.15, -0.1) is 0 Å². The molecule has 0 N–H and O–H groups in total. The summed E-state index contributed by atoms with van der Waals surface area (Å²) in [5, 5.41) is 0.109. The number of hydrogen-bond acceptors (Lipinski definition) is 4. The molecule has 0 amide bonds. The number of benzene rings is 2. The van der Waals surface area contributed by atoms with Gasteiger partial charge in [0.15, 0.2) is 19.8 Å². The lowest BCUT2D eigenvalue weighted by molar-refractivity contribution is -0.109. The van der Waals surface area contributed by atoms with Crippen molar-refractivity contribution >= 4 is 14.6 Å². The molecule has 2 aliphatic carbocycles. The molecule has 182 valence electrons. The van der Waals surface area contributed by atoms with Crippen LogP contribution in [0.15, 0.2) is 54.6 Å². The monoisotopic (exact) mass is 478 g/mol. The largest absolute Gasteiger partial charge is 0.493 e. The quantitative estimate of drug-likeness (QED) is 0.230. The third-order valence-electron chi connectivity index (χ3n) is 8.14. The maximum absolute atomic E-state index is 12.0. The van der Waals surface area contributed by atoms with Gasteiger partial charge in [0.05, 0.1) is 13.2 Å². The lowest BCUT2D eigenvalue weighted by Gasteiger charge is -2.47. The molecule has 2 aliphatic rings. The van der Waals surface area contributed by atoms with Crippen molar-refractivity contribution in [2.24, 2.45) is 5.92 Å². The van der Waals surface area contributed by atoms with Crippen molar-refractivity contribution in [3.63, 3.8) is 0 Å². The van der Waals surface area contributed by atoms with Crippen molar-refractivity contribution in [3.05, 3.63) is 71.3 Å². The lowest BCUT2D eigenvalue weighted by Crippen LogP contribution is -2.45. The van der Waals surface area contributed by atoms with E-state index < -0.39 is 8.32 Å². The van der Waals surface area contributed by atoms with Crippen molar-refractivity contribution in [2.75, 3.05) is 7.11 Å². The number of aldehydes is 1.